The first kappa shape index (κ1) is 19.1. The van der Waals surface area contributed by atoms with Gasteiger partial charge >= 0.3 is 6.18 Å². The number of hydrogen-bond donors (Lipinski definition) is 2. The molecule has 27 heavy (non-hydrogen) atoms. The van der Waals surface area contributed by atoms with Gasteiger partial charge in [0.2, 0.25) is 5.91 Å². The van der Waals surface area contributed by atoms with E-state index in [1.165, 1.54) is 19.3 Å². The fourth-order valence-electron chi connectivity index (χ4n) is 2.59. The number of aromatic amines is 1. The van der Waals surface area contributed by atoms with Gasteiger partial charge < -0.3 is 10.3 Å². The summed E-state index contributed by atoms with van der Waals surface area (Å²) in [6, 6.07) is 1.75. The molecule has 0 spiro atoms. The van der Waals surface area contributed by atoms with Crippen molar-refractivity contribution in [1.82, 2.24) is 25.3 Å². The normalized spacial score (nSPS) is 12.9. The second kappa shape index (κ2) is 7.51. The number of carbonyl (C=O) groups excluding carboxylic acids is 1. The summed E-state index contributed by atoms with van der Waals surface area (Å²) in [5.41, 5.74) is 2.42. The predicted octanol–water partition coefficient (Wildman–Crippen LogP) is 3.53. The zero-order chi connectivity index (χ0) is 19.6. The van der Waals surface area contributed by atoms with Crippen LogP contribution in [0.4, 0.5) is 13.2 Å². The topological polar surface area (TPSA) is 83.6 Å². The summed E-state index contributed by atoms with van der Waals surface area (Å²) in [5.74, 6) is -1.38. The summed E-state index contributed by atoms with van der Waals surface area (Å²) in [6.45, 7) is 0.181. The maximum absolute atomic E-state index is 12.2. The lowest BCUT2D eigenvalue weighted by Gasteiger charge is -2.13. The van der Waals surface area contributed by atoms with Crippen LogP contribution in [0.5, 0.6) is 0 Å². The number of nitrogens with zero attached hydrogens (tertiary/aromatic N) is 3. The van der Waals surface area contributed by atoms with Gasteiger partial charge in [-0.25, -0.2) is 9.97 Å². The number of H-pyrrole nitrogens is 1. The van der Waals surface area contributed by atoms with Crippen LogP contribution in [0.1, 0.15) is 12.6 Å². The van der Waals surface area contributed by atoms with Crippen molar-refractivity contribution in [2.75, 3.05) is 6.54 Å². The van der Waals surface area contributed by atoms with Crippen LogP contribution in [-0.4, -0.2) is 38.6 Å². The summed E-state index contributed by atoms with van der Waals surface area (Å²) in [6.07, 6.45) is 2.00. The molecule has 1 amide bonds. The second-order valence-electron chi connectivity index (χ2n) is 6.09. The standard InChI is InChI=1S/C17H15ClF3N5O/c1-9(16(27)25-8-17(19,20)21)2-11-5-22-7-14(26-11)13-6-24-15-12(13)3-10(18)4-23-15/h3-7,9H,2,8H2,1H3,(H,23,24)(H,25,27)/t9-/m0/s1. The van der Waals surface area contributed by atoms with Crippen LogP contribution in [0.15, 0.2) is 30.9 Å². The second-order valence-corrected chi connectivity index (χ2v) is 6.52. The van der Waals surface area contributed by atoms with Crippen molar-refractivity contribution in [3.63, 3.8) is 0 Å². The Hall–Kier alpha value is -2.68. The minimum absolute atomic E-state index is 0.159. The van der Waals surface area contributed by atoms with Gasteiger partial charge in [0.1, 0.15) is 12.2 Å². The van der Waals surface area contributed by atoms with Crippen LogP contribution >= 0.6 is 11.6 Å². The third-order valence-electron chi connectivity index (χ3n) is 3.88. The molecule has 3 rings (SSSR count). The van der Waals surface area contributed by atoms with Crippen molar-refractivity contribution in [2.24, 2.45) is 5.92 Å². The van der Waals surface area contributed by atoms with Crippen LogP contribution in [0.25, 0.3) is 22.3 Å². The third-order valence-corrected chi connectivity index (χ3v) is 4.09. The van der Waals surface area contributed by atoms with Crippen LogP contribution in [0.3, 0.4) is 0 Å². The Balaban J connectivity index is 1.77. The number of aromatic nitrogens is 4. The summed E-state index contributed by atoms with van der Waals surface area (Å²) >= 11 is 5.99. The molecule has 1 atom stereocenters. The number of alkyl halides is 3. The van der Waals surface area contributed by atoms with E-state index < -0.39 is 24.5 Å². The fourth-order valence-corrected chi connectivity index (χ4v) is 2.75. The van der Waals surface area contributed by atoms with Crippen LogP contribution < -0.4 is 5.32 Å². The molecule has 0 radical (unpaired) electrons. The average molecular weight is 398 g/mol. The molecular weight excluding hydrogens is 383 g/mol. The Kier molecular flexibility index (Phi) is 5.31. The Morgan fingerprint density at radius 1 is 1.33 bits per heavy atom. The fraction of sp³-hybridized carbons (Fsp3) is 0.294. The number of pyridine rings is 1. The summed E-state index contributed by atoms with van der Waals surface area (Å²) in [7, 11) is 0. The van der Waals surface area contributed by atoms with Gasteiger partial charge in [0.15, 0.2) is 0 Å². The Morgan fingerprint density at radius 3 is 2.85 bits per heavy atom. The van der Waals surface area contributed by atoms with Crippen molar-refractivity contribution >= 4 is 28.5 Å². The quantitative estimate of drug-likeness (QED) is 0.690. The SMILES string of the molecule is C[C@@H](Cc1cncc(-c2c[nH]c3ncc(Cl)cc23)n1)C(=O)NCC(F)(F)F. The number of carbonyl (C=O) groups is 1. The van der Waals surface area contributed by atoms with E-state index in [-0.39, 0.29) is 6.42 Å². The highest BCUT2D eigenvalue weighted by atomic mass is 35.5. The highest BCUT2D eigenvalue weighted by molar-refractivity contribution is 6.31. The van der Waals surface area contributed by atoms with Crippen molar-refractivity contribution in [1.29, 1.82) is 0 Å². The molecule has 3 aromatic rings. The molecule has 142 valence electrons. The molecule has 0 saturated heterocycles. The molecule has 6 nitrogen and oxygen atoms in total. The zero-order valence-corrected chi connectivity index (χ0v) is 14.9. The Morgan fingerprint density at radius 2 is 2.11 bits per heavy atom. The van der Waals surface area contributed by atoms with E-state index in [2.05, 4.69) is 19.9 Å². The van der Waals surface area contributed by atoms with Gasteiger partial charge in [0, 0.05) is 41.9 Å². The maximum Gasteiger partial charge on any atom is 0.405 e. The molecule has 0 unspecified atom stereocenters. The minimum atomic E-state index is -4.44. The molecule has 0 bridgehead atoms. The van der Waals surface area contributed by atoms with E-state index >= 15 is 0 Å². The van der Waals surface area contributed by atoms with Crippen molar-refractivity contribution in [3.05, 3.63) is 41.6 Å². The predicted molar refractivity (Wildman–Crippen MR) is 94.1 cm³/mol. The molecule has 0 aliphatic carbocycles. The van der Waals surface area contributed by atoms with Gasteiger partial charge in [-0.05, 0) is 6.07 Å². The van der Waals surface area contributed by atoms with Gasteiger partial charge in [-0.2, -0.15) is 13.2 Å². The van der Waals surface area contributed by atoms with Gasteiger partial charge in [0.25, 0.3) is 0 Å². The number of halogens is 4. The monoisotopic (exact) mass is 397 g/mol. The molecule has 3 aromatic heterocycles. The van der Waals surface area contributed by atoms with E-state index in [4.69, 9.17) is 11.6 Å². The largest absolute Gasteiger partial charge is 0.405 e. The smallest absolute Gasteiger partial charge is 0.347 e. The molecule has 3 heterocycles. The summed E-state index contributed by atoms with van der Waals surface area (Å²) in [5, 5.41) is 3.12. The molecule has 0 aliphatic heterocycles. The first-order valence-electron chi connectivity index (χ1n) is 8.01. The van der Waals surface area contributed by atoms with Crippen molar-refractivity contribution < 1.29 is 18.0 Å². The molecular formula is C17H15ClF3N5O. The van der Waals surface area contributed by atoms with E-state index in [9.17, 15) is 18.0 Å². The third kappa shape index (κ3) is 4.73. The van der Waals surface area contributed by atoms with Gasteiger partial charge in [-0.3, -0.25) is 9.78 Å². The van der Waals surface area contributed by atoms with Gasteiger partial charge in [-0.1, -0.05) is 18.5 Å². The zero-order valence-electron chi connectivity index (χ0n) is 14.1. The molecule has 0 fully saturated rings. The van der Waals surface area contributed by atoms with Crippen LogP contribution in [0.2, 0.25) is 5.02 Å². The van der Waals surface area contributed by atoms with Gasteiger partial charge in [0.05, 0.1) is 22.6 Å². The highest BCUT2D eigenvalue weighted by Gasteiger charge is 2.28. The lowest BCUT2D eigenvalue weighted by atomic mass is 10.0. The lowest BCUT2D eigenvalue weighted by molar-refractivity contribution is -0.140. The number of hydrogen-bond acceptors (Lipinski definition) is 4. The number of fused-ring (bicyclic) bond motifs is 1. The van der Waals surface area contributed by atoms with E-state index in [0.29, 0.717) is 22.1 Å². The van der Waals surface area contributed by atoms with Crippen LogP contribution in [0, 0.1) is 5.92 Å². The summed E-state index contributed by atoms with van der Waals surface area (Å²) < 4.78 is 36.7. The molecule has 0 aromatic carbocycles. The molecule has 0 aliphatic rings. The van der Waals surface area contributed by atoms with E-state index in [1.807, 2.05) is 5.32 Å². The highest BCUT2D eigenvalue weighted by Crippen LogP contribution is 2.28. The van der Waals surface area contributed by atoms with Crippen molar-refractivity contribution in [3.8, 4) is 11.3 Å². The Bertz CT molecular complexity index is 973. The summed E-state index contributed by atoms with van der Waals surface area (Å²) in [4.78, 5) is 27.6. The first-order valence-corrected chi connectivity index (χ1v) is 8.39. The number of amides is 1. The van der Waals surface area contributed by atoms with E-state index in [1.54, 1.807) is 18.5 Å². The van der Waals surface area contributed by atoms with E-state index in [0.717, 1.165) is 10.9 Å². The lowest BCUT2D eigenvalue weighted by Crippen LogP contribution is -2.37. The number of nitrogens with one attached hydrogen (secondary N) is 2. The Labute approximate surface area is 157 Å². The first-order chi connectivity index (χ1) is 12.7. The molecule has 0 saturated carbocycles. The van der Waals surface area contributed by atoms with Crippen molar-refractivity contribution in [2.45, 2.75) is 19.5 Å². The molecule has 10 heteroatoms. The van der Waals surface area contributed by atoms with Gasteiger partial charge in [-0.15, -0.1) is 0 Å². The molecule has 2 N–H and O–H groups in total. The number of rotatable bonds is 5. The minimum Gasteiger partial charge on any atom is -0.347 e. The maximum atomic E-state index is 12.2. The van der Waals surface area contributed by atoms with Crippen LogP contribution in [-0.2, 0) is 11.2 Å². The average Bonchev–Trinajstić information content (AvgIpc) is 3.02.